The molecule has 0 aliphatic rings. The zero-order valence-corrected chi connectivity index (χ0v) is 12.7. The number of hydrogen-bond acceptors (Lipinski definition) is 5. The molecule has 23 heavy (non-hydrogen) atoms. The average molecular weight is 310 g/mol. The second kappa shape index (κ2) is 5.96. The van der Waals surface area contributed by atoms with Gasteiger partial charge in [-0.1, -0.05) is 0 Å². The summed E-state index contributed by atoms with van der Waals surface area (Å²) in [6.45, 7) is 1.34. The van der Waals surface area contributed by atoms with Crippen LogP contribution in [0.5, 0.6) is 11.5 Å². The highest BCUT2D eigenvalue weighted by Gasteiger charge is 2.08. The Morgan fingerprint density at radius 3 is 2.35 bits per heavy atom. The van der Waals surface area contributed by atoms with Crippen LogP contribution in [0.4, 0.5) is 0 Å². The molecule has 0 saturated heterocycles. The van der Waals surface area contributed by atoms with Crippen molar-refractivity contribution in [1.82, 2.24) is 0 Å². The Labute approximate surface area is 132 Å². The highest BCUT2D eigenvalue weighted by atomic mass is 16.5. The number of rotatable bonds is 3. The number of methoxy groups -OCH3 is 1. The molecule has 3 aromatic rings. The number of carbonyl (C=O) groups is 1. The zero-order chi connectivity index (χ0) is 16.4. The molecule has 0 spiro atoms. The van der Waals surface area contributed by atoms with Crippen LogP contribution in [-0.4, -0.2) is 13.1 Å². The van der Waals surface area contributed by atoms with Gasteiger partial charge >= 0.3 is 5.97 Å². The fourth-order valence-electron chi connectivity index (χ4n) is 2.26. The van der Waals surface area contributed by atoms with E-state index in [0.29, 0.717) is 28.2 Å². The Morgan fingerprint density at radius 1 is 1.00 bits per heavy atom. The van der Waals surface area contributed by atoms with Crippen LogP contribution in [0.2, 0.25) is 0 Å². The zero-order valence-electron chi connectivity index (χ0n) is 12.7. The van der Waals surface area contributed by atoms with Gasteiger partial charge in [-0.2, -0.15) is 0 Å². The van der Waals surface area contributed by atoms with Crippen molar-refractivity contribution >= 4 is 16.9 Å². The Hall–Kier alpha value is -3.08. The van der Waals surface area contributed by atoms with Gasteiger partial charge in [0.1, 0.15) is 22.8 Å². The summed E-state index contributed by atoms with van der Waals surface area (Å²) >= 11 is 0. The number of benzene rings is 2. The molecule has 3 rings (SSSR count). The molecule has 0 bridgehead atoms. The molecule has 2 aromatic carbocycles. The maximum atomic E-state index is 12.3. The van der Waals surface area contributed by atoms with E-state index in [2.05, 4.69) is 0 Å². The van der Waals surface area contributed by atoms with E-state index in [-0.39, 0.29) is 11.4 Å². The SMILES string of the molecule is COc1ccc2oc(-c3ccc(OC(C)=O)cc3)cc(=O)c2c1. The molecule has 0 aliphatic heterocycles. The fraction of sp³-hybridized carbons (Fsp3) is 0.111. The minimum absolute atomic E-state index is 0.149. The first-order valence-electron chi connectivity index (χ1n) is 6.97. The van der Waals surface area contributed by atoms with Crippen LogP contribution in [0.15, 0.2) is 57.7 Å². The molecule has 1 aromatic heterocycles. The van der Waals surface area contributed by atoms with Crippen molar-refractivity contribution in [3.05, 3.63) is 58.8 Å². The van der Waals surface area contributed by atoms with Crippen LogP contribution < -0.4 is 14.9 Å². The van der Waals surface area contributed by atoms with Crippen molar-refractivity contribution in [3.8, 4) is 22.8 Å². The molecule has 0 amide bonds. The first-order valence-corrected chi connectivity index (χ1v) is 6.97. The highest BCUT2D eigenvalue weighted by molar-refractivity contribution is 5.80. The first kappa shape index (κ1) is 14.8. The lowest BCUT2D eigenvalue weighted by Gasteiger charge is -2.06. The molecular weight excluding hydrogens is 296 g/mol. The summed E-state index contributed by atoms with van der Waals surface area (Å²) in [5, 5.41) is 0.463. The molecule has 0 saturated carbocycles. The smallest absolute Gasteiger partial charge is 0.308 e. The standard InChI is InChI=1S/C18H14O5/c1-11(19)22-13-5-3-12(4-6-13)18-10-16(20)15-9-14(21-2)7-8-17(15)23-18/h3-10H,1-2H3. The van der Waals surface area contributed by atoms with Crippen molar-refractivity contribution in [2.24, 2.45) is 0 Å². The summed E-state index contributed by atoms with van der Waals surface area (Å²) in [6.07, 6.45) is 0. The predicted octanol–water partition coefficient (Wildman–Crippen LogP) is 3.39. The minimum Gasteiger partial charge on any atom is -0.497 e. The highest BCUT2D eigenvalue weighted by Crippen LogP contribution is 2.26. The molecule has 5 nitrogen and oxygen atoms in total. The molecule has 1 heterocycles. The van der Waals surface area contributed by atoms with Gasteiger partial charge in [0, 0.05) is 18.6 Å². The second-order valence-electron chi connectivity index (χ2n) is 4.96. The summed E-state index contributed by atoms with van der Waals surface area (Å²) in [6, 6.07) is 13.3. The molecule has 5 heteroatoms. The topological polar surface area (TPSA) is 65.7 Å². The van der Waals surface area contributed by atoms with E-state index in [1.54, 1.807) is 49.6 Å². The van der Waals surface area contributed by atoms with Crippen molar-refractivity contribution in [3.63, 3.8) is 0 Å². The molecule has 0 unspecified atom stereocenters. The fourth-order valence-corrected chi connectivity index (χ4v) is 2.26. The largest absolute Gasteiger partial charge is 0.497 e. The summed E-state index contributed by atoms with van der Waals surface area (Å²) in [4.78, 5) is 23.2. The average Bonchev–Trinajstić information content (AvgIpc) is 2.54. The normalized spacial score (nSPS) is 10.5. The van der Waals surface area contributed by atoms with Gasteiger partial charge in [-0.25, -0.2) is 0 Å². The summed E-state index contributed by atoms with van der Waals surface area (Å²) < 4.78 is 15.9. The van der Waals surface area contributed by atoms with Gasteiger partial charge in [-0.3, -0.25) is 9.59 Å². The van der Waals surface area contributed by atoms with Crippen molar-refractivity contribution in [2.45, 2.75) is 6.92 Å². The molecule has 0 atom stereocenters. The van der Waals surface area contributed by atoms with Gasteiger partial charge in [0.05, 0.1) is 12.5 Å². The molecule has 0 aliphatic carbocycles. The number of carbonyl (C=O) groups excluding carboxylic acids is 1. The van der Waals surface area contributed by atoms with Gasteiger partial charge in [0.2, 0.25) is 0 Å². The van der Waals surface area contributed by atoms with Gasteiger partial charge < -0.3 is 13.9 Å². The van der Waals surface area contributed by atoms with Gasteiger partial charge in [-0.15, -0.1) is 0 Å². The van der Waals surface area contributed by atoms with Gasteiger partial charge in [0.25, 0.3) is 0 Å². The van der Waals surface area contributed by atoms with Crippen molar-refractivity contribution in [1.29, 1.82) is 0 Å². The molecule has 0 fully saturated rings. The Morgan fingerprint density at radius 2 is 1.70 bits per heavy atom. The molecular formula is C18H14O5. The van der Waals surface area contributed by atoms with Gasteiger partial charge in [-0.05, 0) is 42.5 Å². The lowest BCUT2D eigenvalue weighted by molar-refractivity contribution is -0.131. The maximum Gasteiger partial charge on any atom is 0.308 e. The van der Waals surface area contributed by atoms with E-state index < -0.39 is 0 Å². The summed E-state index contributed by atoms with van der Waals surface area (Å²) in [5.41, 5.74) is 1.05. The Kier molecular flexibility index (Phi) is 3.85. The third kappa shape index (κ3) is 3.08. The van der Waals surface area contributed by atoms with Gasteiger partial charge in [0.15, 0.2) is 5.43 Å². The summed E-state index contributed by atoms with van der Waals surface area (Å²) in [7, 11) is 1.54. The van der Waals surface area contributed by atoms with Crippen LogP contribution in [-0.2, 0) is 4.79 Å². The lowest BCUT2D eigenvalue weighted by Crippen LogP contribution is -2.02. The van der Waals surface area contributed by atoms with Crippen LogP contribution in [0.1, 0.15) is 6.92 Å². The first-order chi connectivity index (χ1) is 11.1. The van der Waals surface area contributed by atoms with Crippen LogP contribution in [0.3, 0.4) is 0 Å². The second-order valence-corrected chi connectivity index (χ2v) is 4.96. The third-order valence-electron chi connectivity index (χ3n) is 3.33. The number of fused-ring (bicyclic) bond motifs is 1. The van der Waals surface area contributed by atoms with Crippen LogP contribution in [0.25, 0.3) is 22.3 Å². The molecule has 116 valence electrons. The van der Waals surface area contributed by atoms with Crippen LogP contribution in [0, 0.1) is 0 Å². The minimum atomic E-state index is -0.385. The van der Waals surface area contributed by atoms with E-state index in [4.69, 9.17) is 13.9 Å². The van der Waals surface area contributed by atoms with E-state index in [0.717, 1.165) is 5.56 Å². The van der Waals surface area contributed by atoms with Crippen molar-refractivity contribution in [2.75, 3.05) is 7.11 Å². The molecule has 0 radical (unpaired) electrons. The molecule has 0 N–H and O–H groups in total. The number of hydrogen-bond donors (Lipinski definition) is 0. The van der Waals surface area contributed by atoms with E-state index >= 15 is 0 Å². The van der Waals surface area contributed by atoms with E-state index in [9.17, 15) is 9.59 Å². The number of ether oxygens (including phenoxy) is 2. The van der Waals surface area contributed by atoms with Crippen LogP contribution >= 0.6 is 0 Å². The van der Waals surface area contributed by atoms with E-state index in [1.165, 1.54) is 13.0 Å². The third-order valence-corrected chi connectivity index (χ3v) is 3.33. The number of esters is 1. The maximum absolute atomic E-state index is 12.3. The summed E-state index contributed by atoms with van der Waals surface area (Å²) in [5.74, 6) is 1.10. The lowest BCUT2D eigenvalue weighted by atomic mass is 10.1. The quantitative estimate of drug-likeness (QED) is 0.548. The Bertz CT molecular complexity index is 922. The van der Waals surface area contributed by atoms with Crippen molar-refractivity contribution < 1.29 is 18.7 Å². The van der Waals surface area contributed by atoms with E-state index in [1.807, 2.05) is 0 Å². The monoisotopic (exact) mass is 310 g/mol. The predicted molar refractivity (Wildman–Crippen MR) is 85.8 cm³/mol. The Balaban J connectivity index is 2.03.